The second-order valence-corrected chi connectivity index (χ2v) is 3.64. The van der Waals surface area contributed by atoms with E-state index in [0.717, 1.165) is 0 Å². The summed E-state index contributed by atoms with van der Waals surface area (Å²) in [5, 5.41) is 13.9. The number of ether oxygens (including phenoxy) is 1. The Hall–Kier alpha value is -1.99. The quantitative estimate of drug-likeness (QED) is 0.480. The minimum Gasteiger partial charge on any atom is -0.480 e. The van der Waals surface area contributed by atoms with Crippen LogP contribution in [0, 0.1) is 0 Å². The third-order valence-electron chi connectivity index (χ3n) is 2.60. The van der Waals surface area contributed by atoms with Gasteiger partial charge >= 0.3 is 18.1 Å². The molecular formula is C10H19N3O5. The zero-order chi connectivity index (χ0) is 14.2. The molecule has 5 N–H and O–H groups in total. The van der Waals surface area contributed by atoms with E-state index in [9.17, 15) is 14.4 Å². The van der Waals surface area contributed by atoms with Crippen LogP contribution in [0.15, 0.2) is 0 Å². The third-order valence-corrected chi connectivity index (χ3v) is 2.60. The van der Waals surface area contributed by atoms with Gasteiger partial charge in [-0.15, -0.1) is 0 Å². The normalized spacial score (nSPS) is 10.6. The molecule has 0 aromatic carbocycles. The molecule has 0 fully saturated rings. The van der Waals surface area contributed by atoms with Gasteiger partial charge in [0.15, 0.2) is 0 Å². The summed E-state index contributed by atoms with van der Waals surface area (Å²) in [4.78, 5) is 32.8. The van der Waals surface area contributed by atoms with E-state index in [1.807, 2.05) is 0 Å². The lowest BCUT2D eigenvalue weighted by atomic mass is 9.93. The number of amides is 3. The van der Waals surface area contributed by atoms with E-state index in [2.05, 4.69) is 15.4 Å². The number of carbonyl (C=O) groups excluding carboxylic acids is 2. The molecular weight excluding hydrogens is 242 g/mol. The van der Waals surface area contributed by atoms with E-state index in [4.69, 9.17) is 10.8 Å². The fraction of sp³-hybridized carbons (Fsp3) is 0.700. The van der Waals surface area contributed by atoms with Crippen molar-refractivity contribution in [1.82, 2.24) is 10.6 Å². The smallest absolute Gasteiger partial charge is 0.404 e. The maximum absolute atomic E-state index is 11.5. The van der Waals surface area contributed by atoms with E-state index in [0.29, 0.717) is 0 Å². The fourth-order valence-corrected chi connectivity index (χ4v) is 1.36. The highest BCUT2D eigenvalue weighted by Gasteiger charge is 2.36. The summed E-state index contributed by atoms with van der Waals surface area (Å²) in [7, 11) is 0. The standard InChI is InChI=1S/C10H19N3O5/c1-3-10(4-2,7(14)15)13-9(17)12-5-6-18-8(11)16/h3-6H2,1-2H3,(H2,11,16)(H,14,15)(H2,12,13,17). The number of aliphatic carboxylic acids is 1. The van der Waals surface area contributed by atoms with Crippen LogP contribution in [0.4, 0.5) is 9.59 Å². The van der Waals surface area contributed by atoms with Crippen molar-refractivity contribution >= 4 is 18.1 Å². The summed E-state index contributed by atoms with van der Waals surface area (Å²) in [6.45, 7) is 3.33. The molecule has 8 heteroatoms. The highest BCUT2D eigenvalue weighted by molar-refractivity contribution is 5.86. The highest BCUT2D eigenvalue weighted by Crippen LogP contribution is 2.14. The lowest BCUT2D eigenvalue weighted by Crippen LogP contribution is -2.56. The van der Waals surface area contributed by atoms with Crippen LogP contribution in [0.25, 0.3) is 0 Å². The summed E-state index contributed by atoms with van der Waals surface area (Å²) in [6, 6.07) is -0.630. The van der Waals surface area contributed by atoms with Crippen molar-refractivity contribution in [3.05, 3.63) is 0 Å². The average molecular weight is 261 g/mol. The summed E-state index contributed by atoms with van der Waals surface area (Å²) >= 11 is 0. The largest absolute Gasteiger partial charge is 0.480 e. The molecule has 104 valence electrons. The molecule has 0 radical (unpaired) electrons. The Balaban J connectivity index is 4.19. The Labute approximate surface area is 105 Å². The van der Waals surface area contributed by atoms with E-state index in [1.165, 1.54) is 0 Å². The molecule has 0 saturated carbocycles. The molecule has 18 heavy (non-hydrogen) atoms. The number of urea groups is 1. The van der Waals surface area contributed by atoms with Gasteiger partial charge in [-0.2, -0.15) is 0 Å². The van der Waals surface area contributed by atoms with Crippen LogP contribution in [-0.2, 0) is 9.53 Å². The van der Waals surface area contributed by atoms with Gasteiger partial charge in [-0.3, -0.25) is 0 Å². The monoisotopic (exact) mass is 261 g/mol. The van der Waals surface area contributed by atoms with Gasteiger partial charge in [0.2, 0.25) is 0 Å². The first-order valence-corrected chi connectivity index (χ1v) is 5.59. The van der Waals surface area contributed by atoms with Crippen LogP contribution in [0.3, 0.4) is 0 Å². The van der Waals surface area contributed by atoms with Crippen molar-refractivity contribution in [1.29, 1.82) is 0 Å². The maximum Gasteiger partial charge on any atom is 0.404 e. The number of rotatable bonds is 7. The SMILES string of the molecule is CCC(CC)(NC(=O)NCCOC(N)=O)C(=O)O. The predicted octanol–water partition coefficient (Wildman–Crippen LogP) is 0.0243. The minimum atomic E-state index is -1.28. The number of nitrogens with one attached hydrogen (secondary N) is 2. The molecule has 0 aliphatic rings. The second-order valence-electron chi connectivity index (χ2n) is 3.64. The molecule has 0 saturated heterocycles. The lowest BCUT2D eigenvalue weighted by molar-refractivity contribution is -0.144. The van der Waals surface area contributed by atoms with Crippen molar-refractivity contribution in [3.63, 3.8) is 0 Å². The zero-order valence-electron chi connectivity index (χ0n) is 10.5. The van der Waals surface area contributed by atoms with E-state index < -0.39 is 23.6 Å². The lowest BCUT2D eigenvalue weighted by Gasteiger charge is -2.27. The number of hydrogen-bond acceptors (Lipinski definition) is 4. The molecule has 0 aromatic rings. The van der Waals surface area contributed by atoms with Crippen LogP contribution in [0.1, 0.15) is 26.7 Å². The first kappa shape index (κ1) is 16.0. The van der Waals surface area contributed by atoms with Crippen molar-refractivity contribution in [2.75, 3.05) is 13.2 Å². The number of nitrogens with two attached hydrogens (primary N) is 1. The van der Waals surface area contributed by atoms with Gasteiger partial charge in [-0.25, -0.2) is 14.4 Å². The van der Waals surface area contributed by atoms with Crippen molar-refractivity contribution in [3.8, 4) is 0 Å². The molecule has 3 amide bonds. The van der Waals surface area contributed by atoms with Crippen LogP contribution >= 0.6 is 0 Å². The summed E-state index contributed by atoms with van der Waals surface area (Å²) < 4.78 is 4.40. The van der Waals surface area contributed by atoms with Gasteiger partial charge < -0.3 is 26.2 Å². The number of primary amides is 1. The molecule has 0 aliphatic heterocycles. The number of carboxylic acids is 1. The van der Waals surface area contributed by atoms with E-state index >= 15 is 0 Å². The molecule has 8 nitrogen and oxygen atoms in total. The number of carbonyl (C=O) groups is 3. The maximum atomic E-state index is 11.5. The van der Waals surface area contributed by atoms with E-state index in [1.54, 1.807) is 13.8 Å². The van der Waals surface area contributed by atoms with Gasteiger partial charge in [0.1, 0.15) is 12.1 Å². The van der Waals surface area contributed by atoms with Crippen molar-refractivity contribution in [2.45, 2.75) is 32.2 Å². The average Bonchev–Trinajstić information content (AvgIpc) is 2.31. The Morgan fingerprint density at radius 1 is 1.28 bits per heavy atom. The van der Waals surface area contributed by atoms with Crippen LogP contribution in [0.5, 0.6) is 0 Å². The van der Waals surface area contributed by atoms with Crippen molar-refractivity contribution in [2.24, 2.45) is 5.73 Å². The fourth-order valence-electron chi connectivity index (χ4n) is 1.36. The van der Waals surface area contributed by atoms with Gasteiger partial charge in [-0.05, 0) is 12.8 Å². The first-order valence-electron chi connectivity index (χ1n) is 5.59. The first-order chi connectivity index (χ1) is 8.38. The van der Waals surface area contributed by atoms with Crippen molar-refractivity contribution < 1.29 is 24.2 Å². The van der Waals surface area contributed by atoms with Crippen LogP contribution < -0.4 is 16.4 Å². The van der Waals surface area contributed by atoms with Crippen LogP contribution in [0.2, 0.25) is 0 Å². The molecule has 0 atom stereocenters. The predicted molar refractivity (Wildman–Crippen MR) is 63.0 cm³/mol. The van der Waals surface area contributed by atoms with Gasteiger partial charge in [0.25, 0.3) is 0 Å². The molecule has 0 bridgehead atoms. The Kier molecular flexibility index (Phi) is 6.54. The van der Waals surface area contributed by atoms with Crippen LogP contribution in [-0.4, -0.2) is 41.9 Å². The Bertz CT molecular complexity index is 315. The molecule has 0 spiro atoms. The summed E-state index contributed by atoms with van der Waals surface area (Å²) in [5.41, 5.74) is 3.44. The van der Waals surface area contributed by atoms with Gasteiger partial charge in [0.05, 0.1) is 6.54 Å². The van der Waals surface area contributed by atoms with E-state index in [-0.39, 0.29) is 26.0 Å². The third kappa shape index (κ3) is 4.89. The van der Waals surface area contributed by atoms with Gasteiger partial charge in [-0.1, -0.05) is 13.8 Å². The second kappa shape index (κ2) is 7.36. The number of hydrogen-bond donors (Lipinski definition) is 4. The Morgan fingerprint density at radius 2 is 1.83 bits per heavy atom. The summed E-state index contributed by atoms with van der Waals surface area (Å²) in [5.74, 6) is -1.09. The highest BCUT2D eigenvalue weighted by atomic mass is 16.5. The topological polar surface area (TPSA) is 131 Å². The molecule has 0 aliphatic carbocycles. The molecule has 0 unspecified atom stereocenters. The molecule has 0 aromatic heterocycles. The molecule has 0 heterocycles. The number of carboxylic acid groups (broad SMARTS) is 1. The zero-order valence-corrected chi connectivity index (χ0v) is 10.5. The molecule has 0 rings (SSSR count). The minimum absolute atomic E-state index is 0.0535. The van der Waals surface area contributed by atoms with Gasteiger partial charge in [0, 0.05) is 0 Å². The summed E-state index contributed by atoms with van der Waals surface area (Å²) in [6.07, 6.45) is -0.395. The Morgan fingerprint density at radius 3 is 2.22 bits per heavy atom.